The van der Waals surface area contributed by atoms with E-state index in [2.05, 4.69) is 58.1 Å². The number of aryl methyl sites for hydroxylation is 1. The van der Waals surface area contributed by atoms with Crippen molar-refractivity contribution in [2.45, 2.75) is 32.9 Å². The number of piperazine rings is 1. The molecule has 6 rings (SSSR count). The van der Waals surface area contributed by atoms with E-state index in [0.29, 0.717) is 24.9 Å². The molecule has 0 saturated carbocycles. The van der Waals surface area contributed by atoms with Crippen molar-refractivity contribution in [2.75, 3.05) is 63.1 Å². The van der Waals surface area contributed by atoms with Crippen LogP contribution in [0.5, 0.6) is 0 Å². The summed E-state index contributed by atoms with van der Waals surface area (Å²) in [6.45, 7) is 14.7. The van der Waals surface area contributed by atoms with Crippen molar-refractivity contribution in [1.29, 1.82) is 0 Å². The van der Waals surface area contributed by atoms with E-state index in [9.17, 15) is 0 Å². The molecule has 0 bridgehead atoms. The summed E-state index contributed by atoms with van der Waals surface area (Å²) in [7, 11) is 2.06. The average molecular weight is 516 g/mol. The van der Waals surface area contributed by atoms with Gasteiger partial charge in [-0.15, -0.1) is 0 Å². The van der Waals surface area contributed by atoms with Crippen LogP contribution in [-0.4, -0.2) is 92.3 Å². The van der Waals surface area contributed by atoms with Crippen molar-refractivity contribution >= 4 is 33.6 Å². The standard InChI is InChI=1S/C28H37N9O/c1-28(2,3)37-11-9-35(10-12-37)18-22-31-23-26(34(22)4)32-25(33-27(23)36-13-15-38-16-14-36)21-17-30-24(29)20-8-6-5-7-19(20)21/h5-8,17H,9-16,18H2,1-4H3,(H2,29,30). The van der Waals surface area contributed by atoms with Crippen LogP contribution in [0, 0.1) is 0 Å². The van der Waals surface area contributed by atoms with Gasteiger partial charge in [-0.25, -0.2) is 19.9 Å². The van der Waals surface area contributed by atoms with Crippen LogP contribution in [0.15, 0.2) is 30.5 Å². The number of hydrogen-bond acceptors (Lipinski definition) is 9. The summed E-state index contributed by atoms with van der Waals surface area (Å²) < 4.78 is 7.77. The van der Waals surface area contributed by atoms with Crippen LogP contribution >= 0.6 is 0 Å². The Morgan fingerprint density at radius 2 is 1.63 bits per heavy atom. The van der Waals surface area contributed by atoms with E-state index in [-0.39, 0.29) is 5.54 Å². The highest BCUT2D eigenvalue weighted by Gasteiger charge is 2.28. The summed E-state index contributed by atoms with van der Waals surface area (Å²) in [6.07, 6.45) is 1.79. The number of nitrogens with zero attached hydrogens (tertiary/aromatic N) is 8. The van der Waals surface area contributed by atoms with Crippen LogP contribution in [0.1, 0.15) is 26.6 Å². The summed E-state index contributed by atoms with van der Waals surface area (Å²) in [4.78, 5) is 27.1. The van der Waals surface area contributed by atoms with E-state index in [1.54, 1.807) is 6.20 Å². The molecule has 0 unspecified atom stereocenters. The molecule has 0 amide bonds. The van der Waals surface area contributed by atoms with Gasteiger partial charge in [0.05, 0.1) is 19.8 Å². The number of benzene rings is 1. The van der Waals surface area contributed by atoms with Gasteiger partial charge in [0.25, 0.3) is 0 Å². The Morgan fingerprint density at radius 1 is 0.921 bits per heavy atom. The number of pyridine rings is 1. The molecule has 2 aliphatic heterocycles. The third-order valence-electron chi connectivity index (χ3n) is 7.86. The lowest BCUT2D eigenvalue weighted by Gasteiger charge is -2.42. The highest BCUT2D eigenvalue weighted by Crippen LogP contribution is 2.33. The maximum absolute atomic E-state index is 6.19. The quantitative estimate of drug-likeness (QED) is 0.440. The van der Waals surface area contributed by atoms with Gasteiger partial charge in [-0.05, 0) is 26.2 Å². The maximum atomic E-state index is 6.19. The topological polar surface area (TPSA) is 101 Å². The summed E-state index contributed by atoms with van der Waals surface area (Å²) in [5.41, 5.74) is 8.94. The molecule has 0 aliphatic carbocycles. The van der Waals surface area contributed by atoms with Crippen LogP contribution in [-0.2, 0) is 18.3 Å². The zero-order valence-corrected chi connectivity index (χ0v) is 22.8. The fraction of sp³-hybridized carbons (Fsp3) is 0.500. The SMILES string of the molecule is Cn1c(CN2CCN(C(C)(C)C)CC2)nc2c(N3CCOCC3)nc(-c3cnc(N)c4ccccc34)nc21. The first-order valence-electron chi connectivity index (χ1n) is 13.5. The van der Waals surface area contributed by atoms with Gasteiger partial charge in [0.15, 0.2) is 22.8 Å². The van der Waals surface area contributed by atoms with Gasteiger partial charge in [0.1, 0.15) is 11.6 Å². The molecule has 0 atom stereocenters. The van der Waals surface area contributed by atoms with Crippen molar-refractivity contribution in [3.63, 3.8) is 0 Å². The minimum absolute atomic E-state index is 0.199. The van der Waals surface area contributed by atoms with Crippen LogP contribution in [0.25, 0.3) is 33.3 Å². The average Bonchev–Trinajstić information content (AvgIpc) is 3.23. The number of aromatic nitrogens is 5. The largest absolute Gasteiger partial charge is 0.383 e. The molecule has 2 N–H and O–H groups in total. The van der Waals surface area contributed by atoms with Crippen molar-refractivity contribution in [3.8, 4) is 11.4 Å². The van der Waals surface area contributed by atoms with E-state index in [4.69, 9.17) is 25.4 Å². The Kier molecular flexibility index (Phi) is 6.41. The summed E-state index contributed by atoms with van der Waals surface area (Å²) in [6, 6.07) is 8.02. The lowest BCUT2D eigenvalue weighted by Crippen LogP contribution is -2.53. The van der Waals surface area contributed by atoms with E-state index in [0.717, 1.165) is 85.0 Å². The van der Waals surface area contributed by atoms with Gasteiger partial charge < -0.3 is 19.9 Å². The van der Waals surface area contributed by atoms with Crippen LogP contribution < -0.4 is 10.6 Å². The number of nitrogens with two attached hydrogens (primary N) is 1. The molecule has 0 spiro atoms. The molecule has 1 aromatic carbocycles. The van der Waals surface area contributed by atoms with Gasteiger partial charge in [0.2, 0.25) is 0 Å². The number of morpholine rings is 1. The number of nitrogen functional groups attached to an aromatic ring is 1. The zero-order valence-electron chi connectivity index (χ0n) is 22.8. The van der Waals surface area contributed by atoms with Crippen LogP contribution in [0.2, 0.25) is 0 Å². The van der Waals surface area contributed by atoms with Crippen LogP contribution in [0.3, 0.4) is 0 Å². The summed E-state index contributed by atoms with van der Waals surface area (Å²) in [5.74, 6) is 3.00. The number of hydrogen-bond donors (Lipinski definition) is 1. The first kappa shape index (κ1) is 25.0. The second kappa shape index (κ2) is 9.76. The first-order valence-corrected chi connectivity index (χ1v) is 13.5. The molecule has 5 heterocycles. The minimum atomic E-state index is 0.199. The molecule has 4 aromatic rings. The number of fused-ring (bicyclic) bond motifs is 2. The summed E-state index contributed by atoms with van der Waals surface area (Å²) >= 11 is 0. The molecule has 10 heteroatoms. The molecule has 200 valence electrons. The predicted octanol–water partition coefficient (Wildman–Crippen LogP) is 2.91. The van der Waals surface area contributed by atoms with Gasteiger partial charge in [-0.1, -0.05) is 24.3 Å². The Bertz CT molecular complexity index is 1460. The number of rotatable bonds is 4. The highest BCUT2D eigenvalue weighted by atomic mass is 16.5. The maximum Gasteiger partial charge on any atom is 0.166 e. The molecule has 10 nitrogen and oxygen atoms in total. The molecule has 38 heavy (non-hydrogen) atoms. The highest BCUT2D eigenvalue weighted by molar-refractivity contribution is 6.00. The lowest BCUT2D eigenvalue weighted by molar-refractivity contribution is 0.0577. The van der Waals surface area contributed by atoms with Gasteiger partial charge in [-0.2, -0.15) is 0 Å². The molecule has 2 fully saturated rings. The minimum Gasteiger partial charge on any atom is -0.383 e. The number of anilines is 2. The van der Waals surface area contributed by atoms with E-state index in [1.807, 2.05) is 18.2 Å². The third kappa shape index (κ3) is 4.57. The smallest absolute Gasteiger partial charge is 0.166 e. The van der Waals surface area contributed by atoms with Gasteiger partial charge >= 0.3 is 0 Å². The second-order valence-electron chi connectivity index (χ2n) is 11.3. The number of ether oxygens (including phenoxy) is 1. The molecular formula is C28H37N9O. The molecule has 0 radical (unpaired) electrons. The first-order chi connectivity index (χ1) is 18.3. The van der Waals surface area contributed by atoms with E-state index in [1.165, 1.54) is 0 Å². The van der Waals surface area contributed by atoms with E-state index < -0.39 is 0 Å². The van der Waals surface area contributed by atoms with Crippen molar-refractivity contribution in [3.05, 3.63) is 36.3 Å². The van der Waals surface area contributed by atoms with Crippen molar-refractivity contribution in [1.82, 2.24) is 34.3 Å². The van der Waals surface area contributed by atoms with Crippen molar-refractivity contribution < 1.29 is 4.74 Å². The second-order valence-corrected chi connectivity index (χ2v) is 11.3. The fourth-order valence-corrected chi connectivity index (χ4v) is 5.52. The Labute approximate surface area is 223 Å². The molecular weight excluding hydrogens is 478 g/mol. The number of imidazole rings is 1. The van der Waals surface area contributed by atoms with E-state index >= 15 is 0 Å². The summed E-state index contributed by atoms with van der Waals surface area (Å²) in [5, 5.41) is 1.90. The van der Waals surface area contributed by atoms with Gasteiger partial charge in [0, 0.05) is 69.0 Å². The Balaban J connectivity index is 1.41. The molecule has 2 saturated heterocycles. The monoisotopic (exact) mass is 515 g/mol. The third-order valence-corrected chi connectivity index (χ3v) is 7.86. The lowest BCUT2D eigenvalue weighted by atomic mass is 10.1. The Hall–Kier alpha value is -3.34. The van der Waals surface area contributed by atoms with Gasteiger partial charge in [-0.3, -0.25) is 9.80 Å². The molecule has 3 aromatic heterocycles. The molecule has 2 aliphatic rings. The Morgan fingerprint density at radius 3 is 2.34 bits per heavy atom. The zero-order chi connectivity index (χ0) is 26.4. The normalized spacial score (nSPS) is 18.1. The van der Waals surface area contributed by atoms with Crippen LogP contribution in [0.4, 0.5) is 11.6 Å². The predicted molar refractivity (Wildman–Crippen MR) is 151 cm³/mol. The van der Waals surface area contributed by atoms with Crippen molar-refractivity contribution in [2.24, 2.45) is 7.05 Å². The fourth-order valence-electron chi connectivity index (χ4n) is 5.52.